The number of hydrogen-bond acceptors (Lipinski definition) is 5. The van der Waals surface area contributed by atoms with Gasteiger partial charge in [0.15, 0.2) is 5.96 Å². The minimum absolute atomic E-state index is 0.510. The molecule has 164 valence electrons. The molecule has 1 saturated heterocycles. The Labute approximate surface area is 175 Å². The Morgan fingerprint density at radius 2 is 1.93 bits per heavy atom. The van der Waals surface area contributed by atoms with Crippen molar-refractivity contribution >= 4 is 5.96 Å². The number of nitrogens with one attached hydrogen (secondary N) is 1. The van der Waals surface area contributed by atoms with E-state index >= 15 is 0 Å². The van der Waals surface area contributed by atoms with Crippen molar-refractivity contribution in [3.63, 3.8) is 0 Å². The topological polar surface area (TPSA) is 66.1 Å². The van der Waals surface area contributed by atoms with Gasteiger partial charge in [-0.1, -0.05) is 30.8 Å². The fourth-order valence-electron chi connectivity index (χ4n) is 4.26. The van der Waals surface area contributed by atoms with Crippen molar-refractivity contribution in [2.75, 3.05) is 46.4 Å². The molecular formula is C22H39N5O2. The predicted molar refractivity (Wildman–Crippen MR) is 116 cm³/mol. The molecule has 0 unspecified atom stereocenters. The number of nitrogens with zero attached hydrogens (tertiary/aromatic N) is 4. The molecule has 1 N–H and O–H groups in total. The molecule has 0 radical (unpaired) electrons. The van der Waals surface area contributed by atoms with Crippen LogP contribution in [0, 0.1) is 6.92 Å². The fraction of sp³-hybridized carbons (Fsp3) is 0.818. The lowest BCUT2D eigenvalue weighted by atomic mass is 10.1. The monoisotopic (exact) mass is 405 g/mol. The van der Waals surface area contributed by atoms with E-state index in [1.165, 1.54) is 38.5 Å². The van der Waals surface area contributed by atoms with Crippen molar-refractivity contribution in [1.29, 1.82) is 0 Å². The van der Waals surface area contributed by atoms with Gasteiger partial charge in [-0.3, -0.25) is 9.89 Å². The quantitative estimate of drug-likeness (QED) is 0.310. The molecule has 0 spiro atoms. The molecule has 1 aromatic heterocycles. The molecule has 1 saturated carbocycles. The van der Waals surface area contributed by atoms with Crippen LogP contribution in [-0.2, 0) is 11.3 Å². The minimum atomic E-state index is 0.510. The molecule has 2 fully saturated rings. The fourth-order valence-corrected chi connectivity index (χ4v) is 4.26. The smallest absolute Gasteiger partial charge is 0.193 e. The van der Waals surface area contributed by atoms with E-state index in [1.807, 2.05) is 20.0 Å². The summed E-state index contributed by atoms with van der Waals surface area (Å²) in [5.74, 6) is 1.90. The van der Waals surface area contributed by atoms with Crippen LogP contribution < -0.4 is 5.32 Å². The maximum absolute atomic E-state index is 6.09. The Balaban J connectivity index is 1.26. The van der Waals surface area contributed by atoms with Crippen LogP contribution >= 0.6 is 0 Å². The standard InChI is InChI=1S/C22H39N5O2/c1-19-17-20(25-29-19)18-26-12-14-27(15-13-26)22(23-2)24-11-7-8-16-28-21-9-5-3-4-6-10-21/h17,21H,3-16,18H2,1-2H3,(H,23,24). The van der Waals surface area contributed by atoms with Gasteiger partial charge in [-0.05, 0) is 32.6 Å². The Morgan fingerprint density at radius 3 is 2.59 bits per heavy atom. The molecule has 7 heteroatoms. The first kappa shape index (κ1) is 22.1. The summed E-state index contributed by atoms with van der Waals surface area (Å²) in [5.41, 5.74) is 1.02. The van der Waals surface area contributed by atoms with Gasteiger partial charge in [0.25, 0.3) is 0 Å². The van der Waals surface area contributed by atoms with E-state index < -0.39 is 0 Å². The molecule has 7 nitrogen and oxygen atoms in total. The second-order valence-corrected chi connectivity index (χ2v) is 8.36. The summed E-state index contributed by atoms with van der Waals surface area (Å²) >= 11 is 0. The molecule has 0 atom stereocenters. The lowest BCUT2D eigenvalue weighted by Gasteiger charge is -2.36. The number of unbranched alkanes of at least 4 members (excludes halogenated alkanes) is 1. The van der Waals surface area contributed by atoms with Crippen LogP contribution in [0.15, 0.2) is 15.6 Å². The molecule has 29 heavy (non-hydrogen) atoms. The van der Waals surface area contributed by atoms with E-state index in [0.29, 0.717) is 6.10 Å². The third kappa shape index (κ3) is 7.63. The SMILES string of the molecule is CN=C(NCCCCOC1CCCCCC1)N1CCN(Cc2cc(C)on2)CC1. The predicted octanol–water partition coefficient (Wildman–Crippen LogP) is 3.20. The maximum atomic E-state index is 6.09. The number of piperazine rings is 1. The second kappa shape index (κ2) is 12.2. The zero-order valence-corrected chi connectivity index (χ0v) is 18.4. The van der Waals surface area contributed by atoms with E-state index in [1.54, 1.807) is 0 Å². The Kier molecular flexibility index (Phi) is 9.28. The highest BCUT2D eigenvalue weighted by atomic mass is 16.5. The first-order valence-corrected chi connectivity index (χ1v) is 11.5. The normalized spacial score (nSPS) is 20.1. The molecule has 0 bridgehead atoms. The number of rotatable bonds is 8. The van der Waals surface area contributed by atoms with Gasteiger partial charge >= 0.3 is 0 Å². The average molecular weight is 406 g/mol. The highest BCUT2D eigenvalue weighted by Crippen LogP contribution is 2.20. The van der Waals surface area contributed by atoms with Gasteiger partial charge in [0, 0.05) is 59.0 Å². The zero-order valence-electron chi connectivity index (χ0n) is 18.4. The molecule has 3 rings (SSSR count). The first-order valence-electron chi connectivity index (χ1n) is 11.5. The van der Waals surface area contributed by atoms with Crippen LogP contribution in [-0.4, -0.2) is 73.4 Å². The lowest BCUT2D eigenvalue weighted by molar-refractivity contribution is 0.0411. The van der Waals surface area contributed by atoms with E-state index in [4.69, 9.17) is 9.26 Å². The average Bonchev–Trinajstić information content (AvgIpc) is 2.98. The first-order chi connectivity index (χ1) is 14.2. The second-order valence-electron chi connectivity index (χ2n) is 8.36. The molecule has 1 aliphatic carbocycles. The summed E-state index contributed by atoms with van der Waals surface area (Å²) in [6, 6.07) is 2.02. The summed E-state index contributed by atoms with van der Waals surface area (Å²) in [5, 5.41) is 7.63. The lowest BCUT2D eigenvalue weighted by Crippen LogP contribution is -2.52. The molecular weight excluding hydrogens is 366 g/mol. The number of aromatic nitrogens is 1. The van der Waals surface area contributed by atoms with Crippen molar-refractivity contribution in [2.24, 2.45) is 4.99 Å². The van der Waals surface area contributed by atoms with Crippen molar-refractivity contribution < 1.29 is 9.26 Å². The Bertz CT molecular complexity index is 602. The van der Waals surface area contributed by atoms with Crippen LogP contribution in [0.25, 0.3) is 0 Å². The van der Waals surface area contributed by atoms with Crippen LogP contribution in [0.1, 0.15) is 62.8 Å². The molecule has 1 aromatic rings. The van der Waals surface area contributed by atoms with Crippen molar-refractivity contribution in [3.05, 3.63) is 17.5 Å². The third-order valence-electron chi connectivity index (χ3n) is 5.96. The van der Waals surface area contributed by atoms with E-state index in [9.17, 15) is 0 Å². The van der Waals surface area contributed by atoms with Crippen molar-refractivity contribution in [1.82, 2.24) is 20.3 Å². The molecule has 0 aromatic carbocycles. The van der Waals surface area contributed by atoms with Crippen molar-refractivity contribution in [2.45, 2.75) is 70.9 Å². The van der Waals surface area contributed by atoms with E-state index in [2.05, 4.69) is 25.3 Å². The maximum Gasteiger partial charge on any atom is 0.193 e. The molecule has 2 aliphatic rings. The molecule has 0 amide bonds. The summed E-state index contributed by atoms with van der Waals surface area (Å²) in [7, 11) is 1.88. The van der Waals surface area contributed by atoms with Gasteiger partial charge in [0.1, 0.15) is 5.76 Å². The summed E-state index contributed by atoms with van der Waals surface area (Å²) in [4.78, 5) is 9.26. The Morgan fingerprint density at radius 1 is 1.17 bits per heavy atom. The van der Waals surface area contributed by atoms with Gasteiger partial charge < -0.3 is 19.5 Å². The van der Waals surface area contributed by atoms with Crippen LogP contribution in [0.3, 0.4) is 0 Å². The van der Waals surface area contributed by atoms with Crippen molar-refractivity contribution in [3.8, 4) is 0 Å². The summed E-state index contributed by atoms with van der Waals surface area (Å²) in [6.07, 6.45) is 10.7. The van der Waals surface area contributed by atoms with E-state index in [-0.39, 0.29) is 0 Å². The van der Waals surface area contributed by atoms with Gasteiger partial charge in [0.05, 0.1) is 11.8 Å². The number of ether oxygens (including phenoxy) is 1. The van der Waals surface area contributed by atoms with Crippen LogP contribution in [0.5, 0.6) is 0 Å². The zero-order chi connectivity index (χ0) is 20.3. The van der Waals surface area contributed by atoms with Crippen LogP contribution in [0.2, 0.25) is 0 Å². The molecule has 2 heterocycles. The minimum Gasteiger partial charge on any atom is -0.378 e. The van der Waals surface area contributed by atoms with Crippen LogP contribution in [0.4, 0.5) is 0 Å². The number of aryl methyl sites for hydroxylation is 1. The third-order valence-corrected chi connectivity index (χ3v) is 5.96. The largest absolute Gasteiger partial charge is 0.378 e. The summed E-state index contributed by atoms with van der Waals surface area (Å²) < 4.78 is 11.3. The Hall–Kier alpha value is -1.60. The van der Waals surface area contributed by atoms with Gasteiger partial charge in [-0.25, -0.2) is 0 Å². The van der Waals surface area contributed by atoms with Gasteiger partial charge in [-0.2, -0.15) is 0 Å². The van der Waals surface area contributed by atoms with Gasteiger partial charge in [-0.15, -0.1) is 0 Å². The number of guanidine groups is 1. The highest BCUT2D eigenvalue weighted by Gasteiger charge is 2.20. The van der Waals surface area contributed by atoms with E-state index in [0.717, 1.165) is 76.1 Å². The highest BCUT2D eigenvalue weighted by molar-refractivity contribution is 5.79. The van der Waals surface area contributed by atoms with Gasteiger partial charge in [0.2, 0.25) is 0 Å². The number of aliphatic imine (C=N–C) groups is 1. The molecule has 1 aliphatic heterocycles. The number of hydrogen-bond donors (Lipinski definition) is 1. The summed E-state index contributed by atoms with van der Waals surface area (Å²) in [6.45, 7) is 8.65.